The van der Waals surface area contributed by atoms with Crippen molar-refractivity contribution in [2.24, 2.45) is 0 Å². The number of amides is 3. The highest BCUT2D eigenvalue weighted by Crippen LogP contribution is 2.29. The lowest BCUT2D eigenvalue weighted by molar-refractivity contribution is 0.0996. The van der Waals surface area contributed by atoms with Crippen LogP contribution in [0.3, 0.4) is 0 Å². The van der Waals surface area contributed by atoms with E-state index >= 15 is 0 Å². The summed E-state index contributed by atoms with van der Waals surface area (Å²) in [5.41, 5.74) is 0.929. The molecule has 0 saturated heterocycles. The minimum absolute atomic E-state index is 0.164. The molecule has 0 fully saturated rings. The normalized spacial score (nSPS) is 11.1. The maximum absolute atomic E-state index is 12.5. The van der Waals surface area contributed by atoms with Gasteiger partial charge in [-0.3, -0.25) is 4.79 Å². The standard InChI is InChI=1S/C21H18Cl3N3O3/c1-21(2,12-5-7-14(22)15(23)10-12)27-20(29)25-13-6-8-17(16(24)11-13)26-19(28)18-4-3-9-30-18/h3-11H,1-2H3,(H,26,28)(H2,25,27,29). The zero-order valence-corrected chi connectivity index (χ0v) is 18.3. The molecule has 2 aromatic carbocycles. The van der Waals surface area contributed by atoms with E-state index in [0.717, 1.165) is 5.56 Å². The van der Waals surface area contributed by atoms with Gasteiger partial charge in [-0.05, 0) is 61.9 Å². The minimum atomic E-state index is -0.709. The second-order valence-corrected chi connectivity index (χ2v) is 8.18. The second kappa shape index (κ2) is 9.00. The number of carbonyl (C=O) groups is 2. The predicted molar refractivity (Wildman–Crippen MR) is 120 cm³/mol. The van der Waals surface area contributed by atoms with Gasteiger partial charge >= 0.3 is 6.03 Å². The quantitative estimate of drug-likeness (QED) is 0.399. The van der Waals surface area contributed by atoms with Crippen LogP contribution >= 0.6 is 34.8 Å². The largest absolute Gasteiger partial charge is 0.459 e. The van der Waals surface area contributed by atoms with Crippen molar-refractivity contribution in [3.63, 3.8) is 0 Å². The number of furan rings is 1. The number of halogens is 3. The van der Waals surface area contributed by atoms with Crippen molar-refractivity contribution in [1.82, 2.24) is 5.32 Å². The molecule has 1 aromatic heterocycles. The molecule has 0 saturated carbocycles. The molecule has 156 valence electrons. The molecule has 3 rings (SSSR count). The monoisotopic (exact) mass is 465 g/mol. The SMILES string of the molecule is CC(C)(NC(=O)Nc1ccc(NC(=O)c2ccco2)c(Cl)c1)c1ccc(Cl)c(Cl)c1. The molecule has 0 spiro atoms. The summed E-state index contributed by atoms with van der Waals surface area (Å²) in [7, 11) is 0. The smallest absolute Gasteiger partial charge is 0.319 e. The van der Waals surface area contributed by atoms with Crippen LogP contribution in [0.5, 0.6) is 0 Å². The van der Waals surface area contributed by atoms with E-state index in [9.17, 15) is 9.59 Å². The number of hydrogen-bond donors (Lipinski definition) is 3. The van der Waals surface area contributed by atoms with Crippen LogP contribution in [-0.4, -0.2) is 11.9 Å². The summed E-state index contributed by atoms with van der Waals surface area (Å²) in [6.45, 7) is 3.68. The molecule has 3 aromatic rings. The Balaban J connectivity index is 1.65. The average molecular weight is 467 g/mol. The first-order valence-electron chi connectivity index (χ1n) is 8.85. The Bertz CT molecular complexity index is 1080. The predicted octanol–water partition coefficient (Wildman–Crippen LogP) is 6.55. The first-order valence-corrected chi connectivity index (χ1v) is 9.98. The van der Waals surface area contributed by atoms with Crippen LogP contribution in [-0.2, 0) is 5.54 Å². The van der Waals surface area contributed by atoms with Gasteiger partial charge in [-0.15, -0.1) is 0 Å². The maximum atomic E-state index is 12.5. The van der Waals surface area contributed by atoms with E-state index in [1.807, 2.05) is 13.8 Å². The van der Waals surface area contributed by atoms with Gasteiger partial charge in [0.1, 0.15) is 0 Å². The fourth-order valence-electron chi connectivity index (χ4n) is 2.69. The lowest BCUT2D eigenvalue weighted by Crippen LogP contribution is -2.43. The minimum Gasteiger partial charge on any atom is -0.459 e. The van der Waals surface area contributed by atoms with Gasteiger partial charge in [-0.25, -0.2) is 4.79 Å². The Morgan fingerprint density at radius 3 is 2.30 bits per heavy atom. The molecule has 30 heavy (non-hydrogen) atoms. The number of benzene rings is 2. The molecular formula is C21H18Cl3N3O3. The number of rotatable bonds is 5. The molecule has 0 aliphatic carbocycles. The summed E-state index contributed by atoms with van der Waals surface area (Å²) in [6.07, 6.45) is 1.40. The lowest BCUT2D eigenvalue weighted by Gasteiger charge is -2.27. The highest BCUT2D eigenvalue weighted by Gasteiger charge is 2.24. The Kier molecular flexibility index (Phi) is 6.61. The molecule has 0 atom stereocenters. The molecule has 9 heteroatoms. The van der Waals surface area contributed by atoms with Crippen molar-refractivity contribution in [1.29, 1.82) is 0 Å². The maximum Gasteiger partial charge on any atom is 0.319 e. The van der Waals surface area contributed by atoms with E-state index in [4.69, 9.17) is 39.2 Å². The summed E-state index contributed by atoms with van der Waals surface area (Å²) in [6, 6.07) is 12.6. The Hall–Kier alpha value is -2.67. The van der Waals surface area contributed by atoms with Crippen LogP contribution in [0, 0.1) is 0 Å². The number of hydrogen-bond acceptors (Lipinski definition) is 3. The second-order valence-electron chi connectivity index (χ2n) is 6.96. The molecule has 3 N–H and O–H groups in total. The number of nitrogens with one attached hydrogen (secondary N) is 3. The van der Waals surface area contributed by atoms with Crippen molar-refractivity contribution >= 4 is 58.1 Å². The van der Waals surface area contributed by atoms with Crippen LogP contribution < -0.4 is 16.0 Å². The molecule has 1 heterocycles. The van der Waals surface area contributed by atoms with Gasteiger partial charge in [0.25, 0.3) is 5.91 Å². The van der Waals surface area contributed by atoms with Crippen LogP contribution in [0.15, 0.2) is 59.2 Å². The van der Waals surface area contributed by atoms with Crippen molar-refractivity contribution in [2.75, 3.05) is 10.6 Å². The third kappa shape index (κ3) is 5.27. The first kappa shape index (κ1) is 22.0. The molecule has 0 radical (unpaired) electrons. The van der Waals surface area contributed by atoms with Gasteiger partial charge in [0.05, 0.1) is 32.6 Å². The zero-order valence-electron chi connectivity index (χ0n) is 16.1. The van der Waals surface area contributed by atoms with Gasteiger partial charge in [0.2, 0.25) is 0 Å². The molecule has 3 amide bonds. The third-order valence-electron chi connectivity index (χ3n) is 4.29. The summed E-state index contributed by atoms with van der Waals surface area (Å²) in [4.78, 5) is 24.5. The summed E-state index contributed by atoms with van der Waals surface area (Å²) >= 11 is 18.3. The van der Waals surface area contributed by atoms with E-state index in [2.05, 4.69) is 16.0 Å². The highest BCUT2D eigenvalue weighted by atomic mass is 35.5. The first-order chi connectivity index (χ1) is 14.2. The van der Waals surface area contributed by atoms with Gasteiger partial charge in [0.15, 0.2) is 5.76 Å². The lowest BCUT2D eigenvalue weighted by atomic mass is 9.94. The van der Waals surface area contributed by atoms with Crippen LogP contribution in [0.1, 0.15) is 30.0 Å². The topological polar surface area (TPSA) is 83.4 Å². The van der Waals surface area contributed by atoms with Crippen molar-refractivity contribution < 1.29 is 14.0 Å². The van der Waals surface area contributed by atoms with Gasteiger partial charge in [-0.2, -0.15) is 0 Å². The molecule has 6 nitrogen and oxygen atoms in total. The molecule has 0 aliphatic rings. The van der Waals surface area contributed by atoms with Gasteiger partial charge < -0.3 is 20.4 Å². The molecule has 0 unspecified atom stereocenters. The Morgan fingerprint density at radius 2 is 1.67 bits per heavy atom. The zero-order chi connectivity index (χ0) is 21.9. The van der Waals surface area contributed by atoms with E-state index < -0.39 is 17.5 Å². The van der Waals surface area contributed by atoms with Crippen LogP contribution in [0.25, 0.3) is 0 Å². The third-order valence-corrected chi connectivity index (χ3v) is 5.34. The fraction of sp³-hybridized carbons (Fsp3) is 0.143. The average Bonchev–Trinajstić information content (AvgIpc) is 3.20. The summed E-state index contributed by atoms with van der Waals surface area (Å²) in [5, 5.41) is 9.35. The van der Waals surface area contributed by atoms with Crippen molar-refractivity contribution in [3.8, 4) is 0 Å². The van der Waals surface area contributed by atoms with E-state index in [1.54, 1.807) is 42.5 Å². The molecule has 0 bridgehead atoms. The number of anilines is 2. The Morgan fingerprint density at radius 1 is 0.900 bits per heavy atom. The van der Waals surface area contributed by atoms with E-state index in [-0.39, 0.29) is 10.8 Å². The number of carbonyl (C=O) groups excluding carboxylic acids is 2. The van der Waals surface area contributed by atoms with Crippen LogP contribution in [0.4, 0.5) is 16.2 Å². The molecular weight excluding hydrogens is 449 g/mol. The molecule has 0 aliphatic heterocycles. The Labute approximate surface area is 188 Å². The van der Waals surface area contributed by atoms with Crippen molar-refractivity contribution in [3.05, 3.63) is 81.2 Å². The van der Waals surface area contributed by atoms with Crippen LogP contribution in [0.2, 0.25) is 15.1 Å². The summed E-state index contributed by atoms with van der Waals surface area (Å²) in [5.74, 6) is -0.263. The highest BCUT2D eigenvalue weighted by molar-refractivity contribution is 6.42. The van der Waals surface area contributed by atoms with E-state index in [1.165, 1.54) is 12.3 Å². The van der Waals surface area contributed by atoms with Gasteiger partial charge in [0, 0.05) is 5.69 Å². The van der Waals surface area contributed by atoms with E-state index in [0.29, 0.717) is 21.4 Å². The number of urea groups is 1. The summed E-state index contributed by atoms with van der Waals surface area (Å²) < 4.78 is 5.04. The fourth-order valence-corrected chi connectivity index (χ4v) is 3.22. The van der Waals surface area contributed by atoms with Crippen molar-refractivity contribution in [2.45, 2.75) is 19.4 Å². The van der Waals surface area contributed by atoms with Gasteiger partial charge in [-0.1, -0.05) is 40.9 Å².